The molecule has 0 radical (unpaired) electrons. The molecule has 126 valence electrons. The van der Waals surface area contributed by atoms with E-state index in [0.29, 0.717) is 6.42 Å². The maximum atomic E-state index is 12.0. The Bertz CT molecular complexity index is 535. The van der Waals surface area contributed by atoms with Gasteiger partial charge in [0, 0.05) is 12.8 Å². The van der Waals surface area contributed by atoms with Crippen LogP contribution in [-0.2, 0) is 20.7 Å². The Morgan fingerprint density at radius 1 is 1.09 bits per heavy atom. The molecule has 0 spiro atoms. The minimum Gasteiger partial charge on any atom is -0.493 e. The molecule has 1 fully saturated rings. The molecule has 0 aliphatic heterocycles. The third kappa shape index (κ3) is 7.31. The molecule has 0 atom stereocenters. The van der Waals surface area contributed by atoms with Gasteiger partial charge in [0.2, 0.25) is 0 Å². The average Bonchev–Trinajstić information content (AvgIpc) is 3.27. The van der Waals surface area contributed by atoms with Crippen LogP contribution < -0.4 is 4.74 Å². The molecule has 1 aliphatic carbocycles. The van der Waals surface area contributed by atoms with Crippen molar-refractivity contribution < 1.29 is 19.1 Å². The number of hydrogen-bond acceptors (Lipinski definition) is 4. The third-order valence-electron chi connectivity index (χ3n) is 3.54. The van der Waals surface area contributed by atoms with E-state index in [4.69, 9.17) is 9.47 Å². The third-order valence-corrected chi connectivity index (χ3v) is 3.54. The Hall–Kier alpha value is -1.84. The lowest BCUT2D eigenvalue weighted by atomic mass is 10.1. The highest BCUT2D eigenvalue weighted by molar-refractivity contribution is 5.84. The molecule has 0 unspecified atom stereocenters. The van der Waals surface area contributed by atoms with Crippen LogP contribution in [0.3, 0.4) is 0 Å². The van der Waals surface area contributed by atoms with Gasteiger partial charge >= 0.3 is 5.97 Å². The van der Waals surface area contributed by atoms with Gasteiger partial charge in [0.25, 0.3) is 0 Å². The fraction of sp³-hybridized carbons (Fsp3) is 0.579. The summed E-state index contributed by atoms with van der Waals surface area (Å²) in [6, 6.07) is 7.62. The van der Waals surface area contributed by atoms with Crippen LogP contribution in [0.2, 0.25) is 0 Å². The fourth-order valence-corrected chi connectivity index (χ4v) is 2.15. The Balaban J connectivity index is 1.70. The van der Waals surface area contributed by atoms with Crippen molar-refractivity contribution in [2.75, 3.05) is 6.61 Å². The van der Waals surface area contributed by atoms with Gasteiger partial charge in [0.05, 0.1) is 13.0 Å². The van der Waals surface area contributed by atoms with Crippen molar-refractivity contribution in [3.8, 4) is 5.75 Å². The smallest absolute Gasteiger partial charge is 0.306 e. The molecule has 0 N–H and O–H groups in total. The number of ketones is 1. The van der Waals surface area contributed by atoms with E-state index < -0.39 is 5.60 Å². The molecule has 0 heterocycles. The lowest BCUT2D eigenvalue weighted by Gasteiger charge is -2.19. The summed E-state index contributed by atoms with van der Waals surface area (Å²) in [5.74, 6) is 1.29. The van der Waals surface area contributed by atoms with Gasteiger partial charge in [0.1, 0.15) is 17.1 Å². The monoisotopic (exact) mass is 318 g/mol. The summed E-state index contributed by atoms with van der Waals surface area (Å²) in [4.78, 5) is 23.6. The summed E-state index contributed by atoms with van der Waals surface area (Å²) in [5, 5.41) is 0. The predicted octanol–water partition coefficient (Wildman–Crippen LogP) is 3.71. The SMILES string of the molecule is CC(C)(C)OC(=O)CCC(=O)Cc1ccc(OCC2CC2)cc1. The molecule has 23 heavy (non-hydrogen) atoms. The lowest BCUT2D eigenvalue weighted by Crippen LogP contribution is -2.24. The van der Waals surface area contributed by atoms with E-state index in [2.05, 4.69) is 0 Å². The predicted molar refractivity (Wildman–Crippen MR) is 88.5 cm³/mol. The Kier molecular flexibility index (Phi) is 5.80. The first kappa shape index (κ1) is 17.5. The summed E-state index contributed by atoms with van der Waals surface area (Å²) >= 11 is 0. The highest BCUT2D eigenvalue weighted by atomic mass is 16.6. The number of Topliss-reactive ketones (excluding diaryl/α,β-unsaturated/α-hetero) is 1. The van der Waals surface area contributed by atoms with Gasteiger partial charge in [-0.25, -0.2) is 0 Å². The van der Waals surface area contributed by atoms with Crippen molar-refractivity contribution in [2.24, 2.45) is 5.92 Å². The second-order valence-electron chi connectivity index (χ2n) is 7.20. The summed E-state index contributed by atoms with van der Waals surface area (Å²) in [6.45, 7) is 6.24. The maximum absolute atomic E-state index is 12.0. The number of carbonyl (C=O) groups is 2. The highest BCUT2D eigenvalue weighted by Crippen LogP contribution is 2.29. The van der Waals surface area contributed by atoms with Gasteiger partial charge in [-0.2, -0.15) is 0 Å². The number of hydrogen-bond donors (Lipinski definition) is 0. The van der Waals surface area contributed by atoms with Gasteiger partial charge < -0.3 is 9.47 Å². The summed E-state index contributed by atoms with van der Waals surface area (Å²) in [6.07, 6.45) is 3.23. The highest BCUT2D eigenvalue weighted by Gasteiger charge is 2.21. The maximum Gasteiger partial charge on any atom is 0.306 e. The van der Waals surface area contributed by atoms with Crippen LogP contribution >= 0.6 is 0 Å². The zero-order chi connectivity index (χ0) is 16.9. The molecule has 1 saturated carbocycles. The van der Waals surface area contributed by atoms with Crippen molar-refractivity contribution in [1.29, 1.82) is 0 Å². The van der Waals surface area contributed by atoms with Gasteiger partial charge in [-0.1, -0.05) is 12.1 Å². The zero-order valence-corrected chi connectivity index (χ0v) is 14.3. The number of rotatable bonds is 8. The fourth-order valence-electron chi connectivity index (χ4n) is 2.15. The van der Waals surface area contributed by atoms with Crippen LogP contribution in [0.5, 0.6) is 5.75 Å². The van der Waals surface area contributed by atoms with Gasteiger partial charge in [-0.15, -0.1) is 0 Å². The van der Waals surface area contributed by atoms with Gasteiger partial charge in [-0.05, 0) is 57.2 Å². The zero-order valence-electron chi connectivity index (χ0n) is 14.3. The van der Waals surface area contributed by atoms with Gasteiger partial charge in [0.15, 0.2) is 0 Å². The minimum atomic E-state index is -0.504. The number of benzene rings is 1. The van der Waals surface area contributed by atoms with E-state index in [9.17, 15) is 9.59 Å². The molecular formula is C19H26O4. The van der Waals surface area contributed by atoms with Crippen LogP contribution in [0.15, 0.2) is 24.3 Å². The van der Waals surface area contributed by atoms with Crippen molar-refractivity contribution in [2.45, 2.75) is 58.5 Å². The summed E-state index contributed by atoms with van der Waals surface area (Å²) < 4.78 is 10.9. The summed E-state index contributed by atoms with van der Waals surface area (Å²) in [5.41, 5.74) is 0.439. The van der Waals surface area contributed by atoms with Crippen molar-refractivity contribution >= 4 is 11.8 Å². The number of esters is 1. The molecule has 0 saturated heterocycles. The minimum absolute atomic E-state index is 0.0440. The number of ether oxygens (including phenoxy) is 2. The molecule has 1 aromatic carbocycles. The van der Waals surface area contributed by atoms with E-state index in [1.165, 1.54) is 12.8 Å². The number of carbonyl (C=O) groups excluding carboxylic acids is 2. The first-order chi connectivity index (χ1) is 10.8. The molecule has 1 aromatic rings. The first-order valence-electron chi connectivity index (χ1n) is 8.27. The molecule has 0 aromatic heterocycles. The van der Waals surface area contributed by atoms with Gasteiger partial charge in [-0.3, -0.25) is 9.59 Å². The second-order valence-corrected chi connectivity index (χ2v) is 7.20. The van der Waals surface area contributed by atoms with E-state index in [1.807, 2.05) is 45.0 Å². The van der Waals surface area contributed by atoms with E-state index >= 15 is 0 Å². The van der Waals surface area contributed by atoms with Crippen LogP contribution in [0.1, 0.15) is 52.0 Å². The molecule has 1 aliphatic rings. The molecule has 4 nitrogen and oxygen atoms in total. The van der Waals surface area contributed by atoms with E-state index in [1.54, 1.807) is 0 Å². The van der Waals surface area contributed by atoms with Crippen molar-refractivity contribution in [1.82, 2.24) is 0 Å². The quantitative estimate of drug-likeness (QED) is 0.686. The van der Waals surface area contributed by atoms with E-state index in [0.717, 1.165) is 23.8 Å². The second kappa shape index (κ2) is 7.62. The van der Waals surface area contributed by atoms with Crippen LogP contribution in [0.25, 0.3) is 0 Å². The molecule has 4 heteroatoms. The average molecular weight is 318 g/mol. The Labute approximate surface area is 138 Å². The molecular weight excluding hydrogens is 292 g/mol. The van der Waals surface area contributed by atoms with E-state index in [-0.39, 0.29) is 24.6 Å². The lowest BCUT2D eigenvalue weighted by molar-refractivity contribution is -0.155. The Morgan fingerprint density at radius 3 is 2.30 bits per heavy atom. The summed E-state index contributed by atoms with van der Waals surface area (Å²) in [7, 11) is 0. The first-order valence-corrected chi connectivity index (χ1v) is 8.27. The molecule has 0 bridgehead atoms. The topological polar surface area (TPSA) is 52.6 Å². The largest absolute Gasteiger partial charge is 0.493 e. The Morgan fingerprint density at radius 2 is 1.74 bits per heavy atom. The van der Waals surface area contributed by atoms with Crippen molar-refractivity contribution in [3.05, 3.63) is 29.8 Å². The molecule has 0 amide bonds. The standard InChI is InChI=1S/C19H26O4/c1-19(2,3)23-18(21)11-8-16(20)12-14-6-9-17(10-7-14)22-13-15-4-5-15/h6-7,9-10,15H,4-5,8,11-13H2,1-3H3. The van der Waals surface area contributed by atoms with Crippen LogP contribution in [0, 0.1) is 5.92 Å². The van der Waals surface area contributed by atoms with Crippen molar-refractivity contribution in [3.63, 3.8) is 0 Å². The normalized spacial score (nSPS) is 14.4. The molecule has 2 rings (SSSR count). The van der Waals surface area contributed by atoms with Crippen LogP contribution in [0.4, 0.5) is 0 Å². The van der Waals surface area contributed by atoms with Crippen LogP contribution in [-0.4, -0.2) is 24.0 Å².